The van der Waals surface area contributed by atoms with Gasteiger partial charge in [-0.15, -0.1) is 0 Å². The first-order valence-electron chi connectivity index (χ1n) is 6.48. The van der Waals surface area contributed by atoms with Gasteiger partial charge < -0.3 is 19.7 Å². The summed E-state index contributed by atoms with van der Waals surface area (Å²) in [4.78, 5) is 14.1. The second kappa shape index (κ2) is 5.93. The van der Waals surface area contributed by atoms with Crippen molar-refractivity contribution >= 4 is 11.6 Å². The number of amides is 1. The molecule has 5 nitrogen and oxygen atoms in total. The molecular weight excluding hydrogens is 244 g/mol. The Labute approximate surface area is 113 Å². The molecule has 0 aliphatic carbocycles. The van der Waals surface area contributed by atoms with Gasteiger partial charge in [-0.3, -0.25) is 4.79 Å². The summed E-state index contributed by atoms with van der Waals surface area (Å²) in [6.07, 6.45) is 0.813. The molecule has 1 saturated heterocycles. The fourth-order valence-electron chi connectivity index (χ4n) is 2.36. The highest BCUT2D eigenvalue weighted by molar-refractivity contribution is 6.00. The molecule has 1 amide bonds. The number of carbonyl (C=O) groups is 1. The second-order valence-corrected chi connectivity index (χ2v) is 4.43. The van der Waals surface area contributed by atoms with Crippen LogP contribution in [0.2, 0.25) is 0 Å². The largest absolute Gasteiger partial charge is 0.497 e. The smallest absolute Gasteiger partial charge is 0.244 e. The van der Waals surface area contributed by atoms with Crippen LogP contribution in [0.15, 0.2) is 18.2 Å². The SMILES string of the molecule is CCNC1CCN(c2cc(OC)ccc2OC)C1=O. The van der Waals surface area contributed by atoms with Crippen molar-refractivity contribution in [2.45, 2.75) is 19.4 Å². The van der Waals surface area contributed by atoms with E-state index in [4.69, 9.17) is 9.47 Å². The Hall–Kier alpha value is -1.75. The summed E-state index contributed by atoms with van der Waals surface area (Å²) in [5.41, 5.74) is 0.771. The highest BCUT2D eigenvalue weighted by Gasteiger charge is 2.33. The second-order valence-electron chi connectivity index (χ2n) is 4.43. The molecule has 2 rings (SSSR count). The molecule has 0 bridgehead atoms. The fourth-order valence-corrected chi connectivity index (χ4v) is 2.36. The van der Waals surface area contributed by atoms with Crippen molar-refractivity contribution < 1.29 is 14.3 Å². The Morgan fingerprint density at radius 1 is 1.37 bits per heavy atom. The molecule has 1 aliphatic rings. The van der Waals surface area contributed by atoms with Crippen LogP contribution in [-0.2, 0) is 4.79 Å². The molecule has 5 heteroatoms. The molecule has 1 aromatic carbocycles. The average Bonchev–Trinajstić information content (AvgIpc) is 2.80. The number of carbonyl (C=O) groups excluding carboxylic acids is 1. The van der Waals surface area contributed by atoms with E-state index in [0.717, 1.165) is 24.4 Å². The predicted octanol–water partition coefficient (Wildman–Crippen LogP) is 1.42. The van der Waals surface area contributed by atoms with Crippen LogP contribution in [0.1, 0.15) is 13.3 Å². The van der Waals surface area contributed by atoms with Crippen LogP contribution in [0.4, 0.5) is 5.69 Å². The van der Waals surface area contributed by atoms with Gasteiger partial charge in [-0.1, -0.05) is 6.92 Å². The van der Waals surface area contributed by atoms with Gasteiger partial charge in [0, 0.05) is 12.6 Å². The highest BCUT2D eigenvalue weighted by Crippen LogP contribution is 2.34. The fraction of sp³-hybridized carbons (Fsp3) is 0.500. The topological polar surface area (TPSA) is 50.8 Å². The monoisotopic (exact) mass is 264 g/mol. The molecule has 1 fully saturated rings. The molecule has 1 atom stereocenters. The summed E-state index contributed by atoms with van der Waals surface area (Å²) < 4.78 is 10.5. The van der Waals surface area contributed by atoms with Crippen molar-refractivity contribution in [2.24, 2.45) is 0 Å². The van der Waals surface area contributed by atoms with E-state index in [2.05, 4.69) is 5.32 Å². The maximum atomic E-state index is 12.3. The number of likely N-dealkylation sites (N-methyl/N-ethyl adjacent to an activating group) is 1. The van der Waals surface area contributed by atoms with Crippen molar-refractivity contribution in [3.8, 4) is 11.5 Å². The molecule has 1 heterocycles. The Morgan fingerprint density at radius 2 is 2.16 bits per heavy atom. The Kier molecular flexibility index (Phi) is 4.27. The summed E-state index contributed by atoms with van der Waals surface area (Å²) in [6.45, 7) is 3.49. The van der Waals surface area contributed by atoms with Crippen LogP contribution in [0.3, 0.4) is 0 Å². The molecule has 0 radical (unpaired) electrons. The summed E-state index contributed by atoms with van der Waals surface area (Å²) >= 11 is 0. The zero-order valence-corrected chi connectivity index (χ0v) is 11.6. The zero-order chi connectivity index (χ0) is 13.8. The summed E-state index contributed by atoms with van der Waals surface area (Å²) in [7, 11) is 3.21. The molecule has 19 heavy (non-hydrogen) atoms. The van der Waals surface area contributed by atoms with E-state index < -0.39 is 0 Å². The Balaban J connectivity index is 2.28. The number of hydrogen-bond donors (Lipinski definition) is 1. The number of rotatable bonds is 5. The number of methoxy groups -OCH3 is 2. The maximum absolute atomic E-state index is 12.3. The molecular formula is C14H20N2O3. The maximum Gasteiger partial charge on any atom is 0.244 e. The van der Waals surface area contributed by atoms with Gasteiger partial charge in [0.1, 0.15) is 11.5 Å². The summed E-state index contributed by atoms with van der Waals surface area (Å²) in [5, 5.41) is 3.20. The molecule has 1 unspecified atom stereocenters. The van der Waals surface area contributed by atoms with Crippen molar-refractivity contribution in [2.75, 3.05) is 32.2 Å². The minimum absolute atomic E-state index is 0.0911. The van der Waals surface area contributed by atoms with Crippen molar-refractivity contribution in [3.63, 3.8) is 0 Å². The van der Waals surface area contributed by atoms with Gasteiger partial charge in [-0.25, -0.2) is 0 Å². The van der Waals surface area contributed by atoms with Gasteiger partial charge in [-0.2, -0.15) is 0 Å². The third kappa shape index (κ3) is 2.66. The minimum Gasteiger partial charge on any atom is -0.497 e. The molecule has 104 valence electrons. The first-order chi connectivity index (χ1) is 9.21. The normalized spacial score (nSPS) is 18.8. The van der Waals surface area contributed by atoms with E-state index in [1.165, 1.54) is 0 Å². The van der Waals surface area contributed by atoms with Gasteiger partial charge >= 0.3 is 0 Å². The molecule has 1 N–H and O–H groups in total. The molecule has 0 aromatic heterocycles. The van der Waals surface area contributed by atoms with Gasteiger partial charge in [0.2, 0.25) is 5.91 Å². The summed E-state index contributed by atoms with van der Waals surface area (Å²) in [6, 6.07) is 5.39. The Bertz CT molecular complexity index is 462. The molecule has 0 saturated carbocycles. The number of benzene rings is 1. The van der Waals surface area contributed by atoms with Gasteiger partial charge in [-0.05, 0) is 25.1 Å². The lowest BCUT2D eigenvalue weighted by atomic mass is 10.2. The quantitative estimate of drug-likeness (QED) is 0.874. The molecule has 1 aliphatic heterocycles. The summed E-state index contributed by atoms with van der Waals surface area (Å²) in [5.74, 6) is 1.50. The van der Waals surface area contributed by atoms with Crippen molar-refractivity contribution in [1.29, 1.82) is 0 Å². The van der Waals surface area contributed by atoms with E-state index in [0.29, 0.717) is 12.3 Å². The zero-order valence-electron chi connectivity index (χ0n) is 11.6. The predicted molar refractivity (Wildman–Crippen MR) is 74.0 cm³/mol. The van der Waals surface area contributed by atoms with Crippen molar-refractivity contribution in [3.05, 3.63) is 18.2 Å². The highest BCUT2D eigenvalue weighted by atomic mass is 16.5. The van der Waals surface area contributed by atoms with Crippen LogP contribution in [0.5, 0.6) is 11.5 Å². The molecule has 0 spiro atoms. The van der Waals surface area contributed by atoms with Crippen LogP contribution in [-0.4, -0.2) is 39.3 Å². The van der Waals surface area contributed by atoms with Crippen molar-refractivity contribution in [1.82, 2.24) is 5.32 Å². The van der Waals surface area contributed by atoms with Gasteiger partial charge in [0.15, 0.2) is 0 Å². The number of anilines is 1. The minimum atomic E-state index is -0.0964. The number of hydrogen-bond acceptors (Lipinski definition) is 4. The van der Waals surface area contributed by atoms with Crippen LogP contribution < -0.4 is 19.7 Å². The van der Waals surface area contributed by atoms with E-state index in [1.54, 1.807) is 19.1 Å². The number of nitrogens with zero attached hydrogens (tertiary/aromatic N) is 1. The lowest BCUT2D eigenvalue weighted by Gasteiger charge is -2.20. The van der Waals surface area contributed by atoms with Crippen LogP contribution >= 0.6 is 0 Å². The number of ether oxygens (including phenoxy) is 2. The number of nitrogens with one attached hydrogen (secondary N) is 1. The van der Waals surface area contributed by atoms with E-state index in [9.17, 15) is 4.79 Å². The van der Waals surface area contributed by atoms with Crippen LogP contribution in [0.25, 0.3) is 0 Å². The third-order valence-corrected chi connectivity index (χ3v) is 3.33. The Morgan fingerprint density at radius 3 is 2.79 bits per heavy atom. The van der Waals surface area contributed by atoms with E-state index >= 15 is 0 Å². The van der Waals surface area contributed by atoms with Gasteiger partial charge in [0.05, 0.1) is 25.9 Å². The van der Waals surface area contributed by atoms with Gasteiger partial charge in [0.25, 0.3) is 0 Å². The first-order valence-corrected chi connectivity index (χ1v) is 6.48. The van der Waals surface area contributed by atoms with Crippen LogP contribution in [0, 0.1) is 0 Å². The third-order valence-electron chi connectivity index (χ3n) is 3.33. The lowest BCUT2D eigenvalue weighted by molar-refractivity contribution is -0.118. The first kappa shape index (κ1) is 13.7. The molecule has 1 aromatic rings. The average molecular weight is 264 g/mol. The van der Waals surface area contributed by atoms with E-state index in [-0.39, 0.29) is 11.9 Å². The van der Waals surface area contributed by atoms with E-state index in [1.807, 2.05) is 25.1 Å². The lowest BCUT2D eigenvalue weighted by Crippen LogP contribution is -2.38. The standard InChI is InChI=1S/C14H20N2O3/c1-4-15-11-7-8-16(14(11)17)12-9-10(18-2)5-6-13(12)19-3/h5-6,9,11,15H,4,7-8H2,1-3H3.